The van der Waals surface area contributed by atoms with Crippen LogP contribution in [0.2, 0.25) is 0 Å². The second-order valence-corrected chi connectivity index (χ2v) is 3.25. The van der Waals surface area contributed by atoms with E-state index in [1.807, 2.05) is 7.05 Å². The topological polar surface area (TPSA) is 59.0 Å². The van der Waals surface area contributed by atoms with Crippen LogP contribution in [0.5, 0.6) is 0 Å². The SMILES string of the molecule is Cn1cc(NC(=O)C2CNC2)cn1. The first kappa shape index (κ1) is 8.25. The first-order chi connectivity index (χ1) is 6.25. The van der Waals surface area contributed by atoms with E-state index in [1.165, 1.54) is 0 Å². The van der Waals surface area contributed by atoms with Crippen molar-refractivity contribution in [3.8, 4) is 0 Å². The van der Waals surface area contributed by atoms with Crippen LogP contribution in [0.15, 0.2) is 12.4 Å². The van der Waals surface area contributed by atoms with Gasteiger partial charge in [0.2, 0.25) is 5.91 Å². The Morgan fingerprint density at radius 3 is 3.00 bits per heavy atom. The summed E-state index contributed by atoms with van der Waals surface area (Å²) in [4.78, 5) is 11.4. The van der Waals surface area contributed by atoms with Crippen LogP contribution in [-0.4, -0.2) is 28.8 Å². The first-order valence-corrected chi connectivity index (χ1v) is 4.26. The van der Waals surface area contributed by atoms with Gasteiger partial charge in [-0.05, 0) is 0 Å². The van der Waals surface area contributed by atoms with Crippen LogP contribution in [0, 0.1) is 5.92 Å². The molecule has 0 aliphatic carbocycles. The number of anilines is 1. The van der Waals surface area contributed by atoms with Gasteiger partial charge in [-0.2, -0.15) is 5.10 Å². The van der Waals surface area contributed by atoms with Crippen molar-refractivity contribution in [3.05, 3.63) is 12.4 Å². The van der Waals surface area contributed by atoms with Crippen molar-refractivity contribution < 1.29 is 4.79 Å². The summed E-state index contributed by atoms with van der Waals surface area (Å²) in [6.45, 7) is 1.57. The van der Waals surface area contributed by atoms with Crippen LogP contribution < -0.4 is 10.6 Å². The molecule has 13 heavy (non-hydrogen) atoms. The number of rotatable bonds is 2. The number of hydrogen-bond donors (Lipinski definition) is 2. The molecular weight excluding hydrogens is 168 g/mol. The normalized spacial score (nSPS) is 16.7. The fourth-order valence-corrected chi connectivity index (χ4v) is 1.20. The summed E-state index contributed by atoms with van der Waals surface area (Å²) in [5.41, 5.74) is 0.763. The molecule has 1 saturated heterocycles. The Morgan fingerprint density at radius 1 is 1.77 bits per heavy atom. The van der Waals surface area contributed by atoms with Crippen LogP contribution in [0.3, 0.4) is 0 Å². The molecule has 5 heteroatoms. The molecule has 0 atom stereocenters. The second-order valence-electron chi connectivity index (χ2n) is 3.25. The van der Waals surface area contributed by atoms with Crippen molar-refractivity contribution in [2.24, 2.45) is 13.0 Å². The third-order valence-corrected chi connectivity index (χ3v) is 2.12. The Balaban J connectivity index is 1.93. The maximum Gasteiger partial charge on any atom is 0.230 e. The average molecular weight is 180 g/mol. The zero-order chi connectivity index (χ0) is 9.26. The third kappa shape index (κ3) is 1.70. The standard InChI is InChI=1S/C8H12N4O/c1-12-5-7(4-10-12)11-8(13)6-2-9-3-6/h4-6,9H,2-3H2,1H3,(H,11,13). The molecule has 1 aliphatic heterocycles. The highest BCUT2D eigenvalue weighted by molar-refractivity contribution is 5.93. The second kappa shape index (κ2) is 3.18. The smallest absolute Gasteiger partial charge is 0.230 e. The monoisotopic (exact) mass is 180 g/mol. The molecular formula is C8H12N4O. The molecule has 0 bridgehead atoms. The lowest BCUT2D eigenvalue weighted by atomic mass is 10.0. The van der Waals surface area contributed by atoms with Crippen molar-refractivity contribution >= 4 is 11.6 Å². The number of carbonyl (C=O) groups excluding carboxylic acids is 1. The highest BCUT2D eigenvalue weighted by Gasteiger charge is 2.24. The number of carbonyl (C=O) groups is 1. The van der Waals surface area contributed by atoms with Crippen molar-refractivity contribution in [2.45, 2.75) is 0 Å². The molecule has 70 valence electrons. The highest BCUT2D eigenvalue weighted by atomic mass is 16.2. The molecule has 0 radical (unpaired) electrons. The average Bonchev–Trinajstić information content (AvgIpc) is 2.31. The van der Waals surface area contributed by atoms with Crippen molar-refractivity contribution in [2.75, 3.05) is 18.4 Å². The Kier molecular flexibility index (Phi) is 2.02. The summed E-state index contributed by atoms with van der Waals surface area (Å²) in [5, 5.41) is 9.81. The molecule has 0 saturated carbocycles. The molecule has 1 aromatic rings. The van der Waals surface area contributed by atoms with E-state index in [0.717, 1.165) is 18.8 Å². The number of amides is 1. The largest absolute Gasteiger partial charge is 0.323 e. The molecule has 1 aliphatic rings. The zero-order valence-corrected chi connectivity index (χ0v) is 7.45. The molecule has 5 nitrogen and oxygen atoms in total. The minimum Gasteiger partial charge on any atom is -0.323 e. The van der Waals surface area contributed by atoms with Gasteiger partial charge in [0.25, 0.3) is 0 Å². The summed E-state index contributed by atoms with van der Waals surface area (Å²) in [6.07, 6.45) is 3.42. The number of nitrogens with one attached hydrogen (secondary N) is 2. The van der Waals surface area contributed by atoms with E-state index < -0.39 is 0 Å². The van der Waals surface area contributed by atoms with Crippen molar-refractivity contribution in [1.82, 2.24) is 15.1 Å². The van der Waals surface area contributed by atoms with E-state index in [1.54, 1.807) is 17.1 Å². The summed E-state index contributed by atoms with van der Waals surface area (Å²) in [5.74, 6) is 0.201. The van der Waals surface area contributed by atoms with Crippen LogP contribution in [-0.2, 0) is 11.8 Å². The molecule has 2 heterocycles. The van der Waals surface area contributed by atoms with Crippen LogP contribution in [0.4, 0.5) is 5.69 Å². The molecule has 1 amide bonds. The lowest BCUT2D eigenvalue weighted by molar-refractivity contribution is -0.121. The number of nitrogens with zero attached hydrogens (tertiary/aromatic N) is 2. The maximum absolute atomic E-state index is 11.4. The molecule has 0 aromatic carbocycles. The number of aryl methyl sites for hydroxylation is 1. The van der Waals surface area contributed by atoms with E-state index >= 15 is 0 Å². The highest BCUT2D eigenvalue weighted by Crippen LogP contribution is 2.09. The van der Waals surface area contributed by atoms with Crippen molar-refractivity contribution in [3.63, 3.8) is 0 Å². The minimum absolute atomic E-state index is 0.0757. The summed E-state index contributed by atoms with van der Waals surface area (Å²) >= 11 is 0. The van der Waals surface area contributed by atoms with E-state index in [2.05, 4.69) is 15.7 Å². The minimum atomic E-state index is 0.0757. The van der Waals surface area contributed by atoms with Crippen LogP contribution in [0.25, 0.3) is 0 Å². The Labute approximate surface area is 76.1 Å². The quantitative estimate of drug-likeness (QED) is 0.649. The lowest BCUT2D eigenvalue weighted by Crippen LogP contribution is -2.48. The van der Waals surface area contributed by atoms with Gasteiger partial charge in [0, 0.05) is 26.3 Å². The molecule has 2 N–H and O–H groups in total. The Morgan fingerprint density at radius 2 is 2.54 bits per heavy atom. The summed E-state index contributed by atoms with van der Waals surface area (Å²) < 4.78 is 1.66. The molecule has 1 fully saturated rings. The number of aromatic nitrogens is 2. The van der Waals surface area contributed by atoms with Gasteiger partial charge in [0.05, 0.1) is 17.8 Å². The van der Waals surface area contributed by atoms with Gasteiger partial charge in [-0.1, -0.05) is 0 Å². The zero-order valence-electron chi connectivity index (χ0n) is 7.45. The van der Waals surface area contributed by atoms with E-state index in [0.29, 0.717) is 0 Å². The van der Waals surface area contributed by atoms with Gasteiger partial charge in [-0.3, -0.25) is 9.48 Å². The van der Waals surface area contributed by atoms with Gasteiger partial charge >= 0.3 is 0 Å². The van der Waals surface area contributed by atoms with E-state index in [4.69, 9.17) is 0 Å². The summed E-state index contributed by atoms with van der Waals surface area (Å²) in [6, 6.07) is 0. The molecule has 0 unspecified atom stereocenters. The Bertz CT molecular complexity index is 316. The van der Waals surface area contributed by atoms with E-state index in [-0.39, 0.29) is 11.8 Å². The first-order valence-electron chi connectivity index (χ1n) is 4.26. The third-order valence-electron chi connectivity index (χ3n) is 2.12. The molecule has 0 spiro atoms. The fourth-order valence-electron chi connectivity index (χ4n) is 1.20. The van der Waals surface area contributed by atoms with Gasteiger partial charge in [0.15, 0.2) is 0 Å². The molecule has 1 aromatic heterocycles. The maximum atomic E-state index is 11.4. The predicted molar refractivity (Wildman–Crippen MR) is 48.2 cm³/mol. The van der Waals surface area contributed by atoms with Gasteiger partial charge in [0.1, 0.15) is 0 Å². The van der Waals surface area contributed by atoms with Crippen LogP contribution in [0.1, 0.15) is 0 Å². The fraction of sp³-hybridized carbons (Fsp3) is 0.500. The summed E-state index contributed by atoms with van der Waals surface area (Å²) in [7, 11) is 1.82. The molecule has 2 rings (SSSR count). The predicted octanol–water partition coefficient (Wildman–Crippen LogP) is -0.422. The van der Waals surface area contributed by atoms with Gasteiger partial charge < -0.3 is 10.6 Å². The van der Waals surface area contributed by atoms with Gasteiger partial charge in [-0.15, -0.1) is 0 Å². The Hall–Kier alpha value is -1.36. The lowest BCUT2D eigenvalue weighted by Gasteiger charge is -2.25. The van der Waals surface area contributed by atoms with Crippen molar-refractivity contribution in [1.29, 1.82) is 0 Å². The van der Waals surface area contributed by atoms with E-state index in [9.17, 15) is 4.79 Å². The van der Waals surface area contributed by atoms with Crippen LogP contribution >= 0.6 is 0 Å². The van der Waals surface area contributed by atoms with Gasteiger partial charge in [-0.25, -0.2) is 0 Å². The number of hydrogen-bond acceptors (Lipinski definition) is 3.